The molecule has 1 N–H and O–H groups in total. The van der Waals surface area contributed by atoms with E-state index in [1.807, 2.05) is 13.0 Å². The summed E-state index contributed by atoms with van der Waals surface area (Å²) in [5.41, 5.74) is 0.100. The van der Waals surface area contributed by atoms with E-state index >= 15 is 0 Å². The van der Waals surface area contributed by atoms with E-state index in [4.69, 9.17) is 23.2 Å². The molecule has 1 aliphatic carbocycles. The van der Waals surface area contributed by atoms with Gasteiger partial charge in [-0.2, -0.15) is 0 Å². The Morgan fingerprint density at radius 1 is 1.29 bits per heavy atom. The van der Waals surface area contributed by atoms with Gasteiger partial charge in [0.2, 0.25) is 0 Å². The van der Waals surface area contributed by atoms with Crippen LogP contribution in [0, 0.1) is 5.92 Å². The van der Waals surface area contributed by atoms with E-state index < -0.39 is 5.60 Å². The molecule has 1 aromatic carbocycles. The van der Waals surface area contributed by atoms with Gasteiger partial charge in [-0.3, -0.25) is 0 Å². The first-order valence-electron chi connectivity index (χ1n) is 4.69. The van der Waals surface area contributed by atoms with Crippen LogP contribution in [-0.2, 0) is 5.60 Å². The number of hydrogen-bond donors (Lipinski definition) is 1. The van der Waals surface area contributed by atoms with Gasteiger partial charge >= 0.3 is 0 Å². The van der Waals surface area contributed by atoms with Gasteiger partial charge in [-0.15, -0.1) is 0 Å². The molecule has 0 radical (unpaired) electrons. The highest BCUT2D eigenvalue weighted by Crippen LogP contribution is 2.46. The SMILES string of the molecule is C[C@](O)(c1ccc(Cl)c(Cl)c1)C1CC1. The highest BCUT2D eigenvalue weighted by molar-refractivity contribution is 6.42. The summed E-state index contributed by atoms with van der Waals surface area (Å²) < 4.78 is 0. The Balaban J connectivity index is 2.36. The van der Waals surface area contributed by atoms with E-state index in [2.05, 4.69) is 0 Å². The molecule has 1 aliphatic rings. The van der Waals surface area contributed by atoms with Gasteiger partial charge in [-0.05, 0) is 43.4 Å². The molecular formula is C11H12Cl2O. The summed E-state index contributed by atoms with van der Waals surface area (Å²) >= 11 is 11.7. The second-order valence-electron chi connectivity index (χ2n) is 4.05. The van der Waals surface area contributed by atoms with Crippen LogP contribution in [0.2, 0.25) is 10.0 Å². The highest BCUT2D eigenvalue weighted by atomic mass is 35.5. The summed E-state index contributed by atoms with van der Waals surface area (Å²) in [7, 11) is 0. The van der Waals surface area contributed by atoms with Crippen LogP contribution < -0.4 is 0 Å². The van der Waals surface area contributed by atoms with Crippen LogP contribution in [-0.4, -0.2) is 5.11 Å². The van der Waals surface area contributed by atoms with Crippen molar-refractivity contribution >= 4 is 23.2 Å². The summed E-state index contributed by atoms with van der Waals surface area (Å²) in [5, 5.41) is 11.3. The summed E-state index contributed by atoms with van der Waals surface area (Å²) in [6.45, 7) is 1.84. The van der Waals surface area contributed by atoms with Crippen molar-refractivity contribution in [3.8, 4) is 0 Å². The van der Waals surface area contributed by atoms with Crippen LogP contribution in [0.15, 0.2) is 18.2 Å². The minimum absolute atomic E-state index is 0.375. The van der Waals surface area contributed by atoms with Crippen molar-refractivity contribution in [2.45, 2.75) is 25.4 Å². The zero-order chi connectivity index (χ0) is 10.3. The average Bonchev–Trinajstić information content (AvgIpc) is 2.92. The molecule has 0 unspecified atom stereocenters. The number of halogens is 2. The highest BCUT2D eigenvalue weighted by Gasteiger charge is 2.41. The first-order chi connectivity index (χ1) is 6.51. The molecule has 0 aliphatic heterocycles. The maximum absolute atomic E-state index is 10.2. The summed E-state index contributed by atoms with van der Waals surface area (Å²) in [4.78, 5) is 0. The molecule has 0 spiro atoms. The van der Waals surface area contributed by atoms with Gasteiger partial charge in [0.15, 0.2) is 0 Å². The molecule has 3 heteroatoms. The molecule has 1 saturated carbocycles. The van der Waals surface area contributed by atoms with E-state index in [1.165, 1.54) is 0 Å². The van der Waals surface area contributed by atoms with Gasteiger partial charge in [0.05, 0.1) is 15.6 Å². The fourth-order valence-corrected chi connectivity index (χ4v) is 1.99. The monoisotopic (exact) mass is 230 g/mol. The lowest BCUT2D eigenvalue weighted by Crippen LogP contribution is -2.23. The first kappa shape index (κ1) is 10.3. The molecule has 2 rings (SSSR count). The van der Waals surface area contributed by atoms with Gasteiger partial charge in [-0.25, -0.2) is 0 Å². The van der Waals surface area contributed by atoms with Gasteiger partial charge in [0.1, 0.15) is 0 Å². The lowest BCUT2D eigenvalue weighted by atomic mass is 9.91. The quantitative estimate of drug-likeness (QED) is 0.824. The molecule has 0 amide bonds. The molecular weight excluding hydrogens is 219 g/mol. The van der Waals surface area contributed by atoms with E-state index in [1.54, 1.807) is 12.1 Å². The number of rotatable bonds is 2. The molecule has 1 nitrogen and oxygen atoms in total. The predicted octanol–water partition coefficient (Wildman–Crippen LogP) is 3.61. The third-order valence-corrected chi connectivity index (χ3v) is 3.62. The maximum Gasteiger partial charge on any atom is 0.0897 e. The summed E-state index contributed by atoms with van der Waals surface area (Å²) in [5.74, 6) is 0.375. The van der Waals surface area contributed by atoms with Crippen LogP contribution in [0.3, 0.4) is 0 Å². The number of benzene rings is 1. The minimum Gasteiger partial charge on any atom is -0.385 e. The van der Waals surface area contributed by atoms with Crippen molar-refractivity contribution < 1.29 is 5.11 Å². The largest absolute Gasteiger partial charge is 0.385 e. The smallest absolute Gasteiger partial charge is 0.0897 e. The summed E-state index contributed by atoms with van der Waals surface area (Å²) in [6, 6.07) is 5.32. The lowest BCUT2D eigenvalue weighted by Gasteiger charge is -2.23. The van der Waals surface area contributed by atoms with Crippen LogP contribution >= 0.6 is 23.2 Å². The molecule has 1 aromatic rings. The molecule has 14 heavy (non-hydrogen) atoms. The molecule has 0 bridgehead atoms. The molecule has 76 valence electrons. The van der Waals surface area contributed by atoms with E-state index in [0.717, 1.165) is 18.4 Å². The Hall–Kier alpha value is -0.240. The normalized spacial score (nSPS) is 20.6. The maximum atomic E-state index is 10.2. The Morgan fingerprint density at radius 2 is 1.93 bits per heavy atom. The van der Waals surface area contributed by atoms with Crippen LogP contribution in [0.5, 0.6) is 0 Å². The third kappa shape index (κ3) is 1.77. The standard InChI is InChI=1S/C11H12Cl2O/c1-11(14,7-2-3-7)8-4-5-9(12)10(13)6-8/h4-7,14H,2-3H2,1H3/t11-/m1/s1. The van der Waals surface area contributed by atoms with E-state index in [-0.39, 0.29) is 0 Å². The minimum atomic E-state index is -0.756. The third-order valence-electron chi connectivity index (χ3n) is 2.88. The van der Waals surface area contributed by atoms with Crippen LogP contribution in [0.1, 0.15) is 25.3 Å². The van der Waals surface area contributed by atoms with Gasteiger partial charge in [0.25, 0.3) is 0 Å². The topological polar surface area (TPSA) is 20.2 Å². The molecule has 0 aromatic heterocycles. The fourth-order valence-electron chi connectivity index (χ4n) is 1.69. The Kier molecular flexibility index (Phi) is 2.50. The molecule has 0 heterocycles. The second kappa shape index (κ2) is 3.41. The Morgan fingerprint density at radius 3 is 2.43 bits per heavy atom. The zero-order valence-electron chi connectivity index (χ0n) is 7.93. The van der Waals surface area contributed by atoms with Crippen molar-refractivity contribution in [1.82, 2.24) is 0 Å². The number of aliphatic hydroxyl groups is 1. The number of hydrogen-bond acceptors (Lipinski definition) is 1. The lowest BCUT2D eigenvalue weighted by molar-refractivity contribution is 0.0331. The van der Waals surface area contributed by atoms with Gasteiger partial charge in [-0.1, -0.05) is 29.3 Å². The van der Waals surface area contributed by atoms with Crippen molar-refractivity contribution in [3.63, 3.8) is 0 Å². The van der Waals surface area contributed by atoms with Crippen LogP contribution in [0.4, 0.5) is 0 Å². The second-order valence-corrected chi connectivity index (χ2v) is 4.87. The molecule has 1 fully saturated rings. The molecule has 0 saturated heterocycles. The average molecular weight is 231 g/mol. The van der Waals surface area contributed by atoms with E-state index in [9.17, 15) is 5.11 Å². The summed E-state index contributed by atoms with van der Waals surface area (Å²) in [6.07, 6.45) is 2.18. The first-order valence-corrected chi connectivity index (χ1v) is 5.45. The van der Waals surface area contributed by atoms with Crippen molar-refractivity contribution in [3.05, 3.63) is 33.8 Å². The Bertz CT molecular complexity index is 356. The Labute approximate surface area is 93.7 Å². The van der Waals surface area contributed by atoms with Gasteiger partial charge in [0, 0.05) is 0 Å². The zero-order valence-corrected chi connectivity index (χ0v) is 9.44. The van der Waals surface area contributed by atoms with Crippen molar-refractivity contribution in [2.24, 2.45) is 5.92 Å². The molecule has 1 atom stereocenters. The van der Waals surface area contributed by atoms with Crippen LogP contribution in [0.25, 0.3) is 0 Å². The predicted molar refractivity (Wildman–Crippen MR) is 58.8 cm³/mol. The van der Waals surface area contributed by atoms with Gasteiger partial charge < -0.3 is 5.11 Å². The van der Waals surface area contributed by atoms with Crippen molar-refractivity contribution in [1.29, 1.82) is 0 Å². The van der Waals surface area contributed by atoms with E-state index in [0.29, 0.717) is 16.0 Å². The van der Waals surface area contributed by atoms with Crippen molar-refractivity contribution in [2.75, 3.05) is 0 Å². The fraction of sp³-hybridized carbons (Fsp3) is 0.455.